The number of nitrogens with zero attached hydrogens (tertiary/aromatic N) is 1. The lowest BCUT2D eigenvalue weighted by Crippen LogP contribution is -2.43. The molecule has 4 nitrogen and oxygen atoms in total. The fraction of sp³-hybridized carbons (Fsp3) is 0.538. The minimum absolute atomic E-state index is 0.0932. The zero-order valence-electron chi connectivity index (χ0n) is 11.0. The summed E-state index contributed by atoms with van der Waals surface area (Å²) in [5.41, 5.74) is 6.00. The first-order valence-electron chi connectivity index (χ1n) is 6.53. The van der Waals surface area contributed by atoms with Crippen LogP contribution >= 0.6 is 11.6 Å². The van der Waals surface area contributed by atoms with Gasteiger partial charge in [0.2, 0.25) is 10.0 Å². The topological polar surface area (TPSA) is 63.4 Å². The van der Waals surface area contributed by atoms with Gasteiger partial charge in [0.25, 0.3) is 0 Å². The van der Waals surface area contributed by atoms with E-state index < -0.39 is 10.0 Å². The molecule has 1 unspecified atom stereocenters. The number of anilines is 1. The fourth-order valence-electron chi connectivity index (χ4n) is 2.52. The van der Waals surface area contributed by atoms with Crippen molar-refractivity contribution in [2.75, 3.05) is 12.3 Å². The molecule has 19 heavy (non-hydrogen) atoms. The van der Waals surface area contributed by atoms with Crippen molar-refractivity contribution < 1.29 is 8.42 Å². The lowest BCUT2D eigenvalue weighted by Gasteiger charge is -2.34. The Morgan fingerprint density at radius 3 is 2.79 bits per heavy atom. The van der Waals surface area contributed by atoms with Crippen LogP contribution in [0.2, 0.25) is 5.02 Å². The molecule has 0 aromatic heterocycles. The van der Waals surface area contributed by atoms with Gasteiger partial charge in [-0.3, -0.25) is 0 Å². The maximum Gasteiger partial charge on any atom is 0.243 e. The summed E-state index contributed by atoms with van der Waals surface area (Å²) in [4.78, 5) is 0.231. The summed E-state index contributed by atoms with van der Waals surface area (Å²) >= 11 is 5.84. The molecule has 1 aliphatic rings. The summed E-state index contributed by atoms with van der Waals surface area (Å²) in [6.45, 7) is 2.61. The maximum atomic E-state index is 12.6. The van der Waals surface area contributed by atoms with Crippen LogP contribution in [-0.2, 0) is 10.0 Å². The molecule has 1 saturated heterocycles. The van der Waals surface area contributed by atoms with Gasteiger partial charge in [0, 0.05) is 12.6 Å². The third kappa shape index (κ3) is 2.88. The number of sulfonamides is 1. The number of benzene rings is 1. The SMILES string of the molecule is CCC1CCCCN1S(=O)(=O)c1ccc(Cl)c(N)c1. The van der Waals surface area contributed by atoms with Crippen molar-refractivity contribution in [3.8, 4) is 0 Å². The molecule has 0 radical (unpaired) electrons. The van der Waals surface area contributed by atoms with Crippen LogP contribution in [0.5, 0.6) is 0 Å². The molecule has 0 aliphatic carbocycles. The van der Waals surface area contributed by atoms with Crippen molar-refractivity contribution in [3.05, 3.63) is 23.2 Å². The first-order valence-corrected chi connectivity index (χ1v) is 8.35. The van der Waals surface area contributed by atoms with Crippen molar-refractivity contribution in [1.82, 2.24) is 4.31 Å². The molecular weight excluding hydrogens is 284 g/mol. The van der Waals surface area contributed by atoms with Crippen LogP contribution in [0, 0.1) is 0 Å². The molecule has 106 valence electrons. The Hall–Kier alpha value is -0.780. The van der Waals surface area contributed by atoms with Crippen molar-refractivity contribution in [2.45, 2.75) is 43.5 Å². The zero-order chi connectivity index (χ0) is 14.0. The number of nitrogen functional groups attached to an aromatic ring is 1. The van der Waals surface area contributed by atoms with Crippen molar-refractivity contribution in [1.29, 1.82) is 0 Å². The summed E-state index contributed by atoms with van der Waals surface area (Å²) < 4.78 is 26.9. The van der Waals surface area contributed by atoms with Crippen molar-refractivity contribution >= 4 is 27.3 Å². The number of nitrogens with two attached hydrogens (primary N) is 1. The Morgan fingerprint density at radius 1 is 1.42 bits per heavy atom. The van der Waals surface area contributed by atoms with Gasteiger partial charge in [-0.15, -0.1) is 0 Å². The van der Waals surface area contributed by atoms with E-state index in [0.717, 1.165) is 25.7 Å². The smallest absolute Gasteiger partial charge is 0.243 e. The van der Waals surface area contributed by atoms with E-state index in [9.17, 15) is 8.42 Å². The molecule has 1 aliphatic heterocycles. The highest BCUT2D eigenvalue weighted by atomic mass is 35.5. The quantitative estimate of drug-likeness (QED) is 0.873. The van der Waals surface area contributed by atoms with Crippen LogP contribution in [0.25, 0.3) is 0 Å². The predicted molar refractivity (Wildman–Crippen MR) is 77.7 cm³/mol. The van der Waals surface area contributed by atoms with E-state index in [4.69, 9.17) is 17.3 Å². The Bertz CT molecular complexity index is 560. The van der Waals surface area contributed by atoms with Crippen LogP contribution in [0.4, 0.5) is 5.69 Å². The standard InChI is InChI=1S/C13H19ClN2O2S/c1-2-10-5-3-4-8-16(10)19(17,18)11-6-7-12(14)13(15)9-11/h6-7,9-10H,2-5,8,15H2,1H3. The highest BCUT2D eigenvalue weighted by Crippen LogP contribution is 2.29. The van der Waals surface area contributed by atoms with Gasteiger partial charge in [0.05, 0.1) is 15.6 Å². The van der Waals surface area contributed by atoms with Gasteiger partial charge in [0.1, 0.15) is 0 Å². The van der Waals surface area contributed by atoms with Gasteiger partial charge in [-0.2, -0.15) is 4.31 Å². The molecule has 1 fully saturated rings. The fourth-order valence-corrected chi connectivity index (χ4v) is 4.44. The van der Waals surface area contributed by atoms with E-state index in [2.05, 4.69) is 0 Å². The highest BCUT2D eigenvalue weighted by molar-refractivity contribution is 7.89. The number of piperidine rings is 1. The second-order valence-electron chi connectivity index (χ2n) is 4.86. The highest BCUT2D eigenvalue weighted by Gasteiger charge is 2.32. The first-order chi connectivity index (χ1) is 8.96. The van der Waals surface area contributed by atoms with E-state index in [-0.39, 0.29) is 10.9 Å². The van der Waals surface area contributed by atoms with Gasteiger partial charge in [-0.05, 0) is 37.5 Å². The minimum Gasteiger partial charge on any atom is -0.397 e. The number of hydrogen-bond acceptors (Lipinski definition) is 3. The first kappa shape index (κ1) is 14.6. The molecule has 0 spiro atoms. The van der Waals surface area contributed by atoms with E-state index >= 15 is 0 Å². The normalized spacial score (nSPS) is 21.5. The Morgan fingerprint density at radius 2 is 2.16 bits per heavy atom. The van der Waals surface area contributed by atoms with Gasteiger partial charge in [-0.1, -0.05) is 24.9 Å². The van der Waals surface area contributed by atoms with Crippen LogP contribution < -0.4 is 5.73 Å². The summed E-state index contributed by atoms with van der Waals surface area (Å²) in [5, 5.41) is 0.379. The Kier molecular flexibility index (Phi) is 4.38. The molecule has 0 amide bonds. The molecule has 1 aromatic rings. The largest absolute Gasteiger partial charge is 0.397 e. The molecule has 1 atom stereocenters. The second-order valence-corrected chi connectivity index (χ2v) is 7.15. The molecule has 1 heterocycles. The third-order valence-electron chi connectivity index (χ3n) is 3.62. The maximum absolute atomic E-state index is 12.6. The van der Waals surface area contributed by atoms with Crippen LogP contribution in [-0.4, -0.2) is 25.3 Å². The average molecular weight is 303 g/mol. The zero-order valence-corrected chi connectivity index (χ0v) is 12.5. The molecule has 2 rings (SSSR count). The van der Waals surface area contributed by atoms with E-state index in [1.54, 1.807) is 4.31 Å². The number of rotatable bonds is 3. The predicted octanol–water partition coefficient (Wildman–Crippen LogP) is 2.88. The van der Waals surface area contributed by atoms with Crippen LogP contribution in [0.15, 0.2) is 23.1 Å². The molecule has 6 heteroatoms. The minimum atomic E-state index is -3.47. The van der Waals surface area contributed by atoms with Gasteiger partial charge in [-0.25, -0.2) is 8.42 Å². The molecular formula is C13H19ClN2O2S. The second kappa shape index (κ2) is 5.69. The molecule has 2 N–H and O–H groups in total. The molecule has 0 saturated carbocycles. The monoisotopic (exact) mass is 302 g/mol. The molecule has 1 aromatic carbocycles. The Labute approximate surface area is 119 Å². The van der Waals surface area contributed by atoms with E-state index in [1.165, 1.54) is 18.2 Å². The van der Waals surface area contributed by atoms with Crippen molar-refractivity contribution in [3.63, 3.8) is 0 Å². The van der Waals surface area contributed by atoms with Crippen molar-refractivity contribution in [2.24, 2.45) is 0 Å². The van der Waals surface area contributed by atoms with Crippen LogP contribution in [0.3, 0.4) is 0 Å². The third-order valence-corrected chi connectivity index (χ3v) is 5.91. The molecule has 0 bridgehead atoms. The Balaban J connectivity index is 2.37. The lowest BCUT2D eigenvalue weighted by molar-refractivity contribution is 0.246. The summed E-state index contributed by atoms with van der Waals surface area (Å²) in [6.07, 6.45) is 3.77. The summed E-state index contributed by atoms with van der Waals surface area (Å²) in [5.74, 6) is 0. The summed E-state index contributed by atoms with van der Waals surface area (Å²) in [7, 11) is -3.47. The van der Waals surface area contributed by atoms with Gasteiger partial charge >= 0.3 is 0 Å². The number of halogens is 1. The van der Waals surface area contributed by atoms with E-state index in [1.807, 2.05) is 6.92 Å². The van der Waals surface area contributed by atoms with Crippen LogP contribution in [0.1, 0.15) is 32.6 Å². The summed E-state index contributed by atoms with van der Waals surface area (Å²) in [6, 6.07) is 4.60. The van der Waals surface area contributed by atoms with Gasteiger partial charge < -0.3 is 5.73 Å². The van der Waals surface area contributed by atoms with Gasteiger partial charge in [0.15, 0.2) is 0 Å². The average Bonchev–Trinajstić information content (AvgIpc) is 2.41. The van der Waals surface area contributed by atoms with E-state index in [0.29, 0.717) is 17.3 Å². The number of hydrogen-bond donors (Lipinski definition) is 1. The lowest BCUT2D eigenvalue weighted by atomic mass is 10.0.